The van der Waals surface area contributed by atoms with Crippen molar-refractivity contribution >= 4 is 35.0 Å². The molecule has 1 aliphatic heterocycles. The number of amides is 1. The summed E-state index contributed by atoms with van der Waals surface area (Å²) in [5.41, 5.74) is 17.2. The zero-order valence-corrected chi connectivity index (χ0v) is 28.3. The van der Waals surface area contributed by atoms with Gasteiger partial charge in [-0.1, -0.05) is 70.8 Å². The summed E-state index contributed by atoms with van der Waals surface area (Å²) < 4.78 is 17.9. The Balaban J connectivity index is 1.53. The Kier molecular flexibility index (Phi) is 12.4. The van der Waals surface area contributed by atoms with Crippen LogP contribution in [0.2, 0.25) is 10.0 Å². The minimum Gasteiger partial charge on any atom is -0.497 e. The van der Waals surface area contributed by atoms with Crippen LogP contribution >= 0.6 is 23.2 Å². The molecule has 3 N–H and O–H groups in total. The molecule has 0 unspecified atom stereocenters. The normalized spacial score (nSPS) is 16.7. The van der Waals surface area contributed by atoms with Gasteiger partial charge in [0.05, 0.1) is 20.3 Å². The third-order valence-corrected chi connectivity index (χ3v) is 8.63. The lowest BCUT2D eigenvalue weighted by Crippen LogP contribution is -2.54. The van der Waals surface area contributed by atoms with Crippen molar-refractivity contribution < 1.29 is 24.1 Å². The average Bonchev–Trinajstić information content (AvgIpc) is 3.51. The van der Waals surface area contributed by atoms with E-state index in [-0.39, 0.29) is 25.5 Å². The number of aliphatic hydroxyl groups excluding tert-OH is 1. The summed E-state index contributed by atoms with van der Waals surface area (Å²) >= 11 is 12.4. The molecule has 0 spiro atoms. The number of nitrogens with zero attached hydrogens (tertiary/aromatic N) is 4. The maximum absolute atomic E-state index is 14.6. The molecule has 5 rings (SSSR count). The highest BCUT2D eigenvalue weighted by molar-refractivity contribution is 6.35. The van der Waals surface area contributed by atoms with Crippen LogP contribution < -0.4 is 20.3 Å². The van der Waals surface area contributed by atoms with E-state index in [2.05, 4.69) is 20.9 Å². The van der Waals surface area contributed by atoms with Gasteiger partial charge in [0, 0.05) is 46.5 Å². The molecule has 0 saturated carbocycles. The van der Waals surface area contributed by atoms with Crippen LogP contribution in [0.25, 0.3) is 10.4 Å². The van der Waals surface area contributed by atoms with Gasteiger partial charge in [-0.25, -0.2) is 10.4 Å². The number of carbonyl (C=O) groups is 1. The minimum absolute atomic E-state index is 0.0360. The SMILES string of the molecule is COc1cccc([C@@H]2OC(c3ccc(OCCCO)cc3)=N[C@]2(Cc2ccccc2CN=[N+]=[N-])C(=O)NNCCc2ccc(Cl)cc2Cl)c1. The van der Waals surface area contributed by atoms with Crippen LogP contribution in [0.1, 0.15) is 40.3 Å². The van der Waals surface area contributed by atoms with Gasteiger partial charge in [-0.3, -0.25) is 10.2 Å². The maximum Gasteiger partial charge on any atom is 0.266 e. The van der Waals surface area contributed by atoms with E-state index in [1.807, 2.05) is 66.7 Å². The molecule has 0 bridgehead atoms. The topological polar surface area (TPSA) is 150 Å². The van der Waals surface area contributed by atoms with Crippen LogP contribution in [-0.4, -0.2) is 49.3 Å². The number of hydrogen-bond donors (Lipinski definition) is 3. The van der Waals surface area contributed by atoms with Crippen LogP contribution in [0, 0.1) is 0 Å². The number of halogens is 2. The zero-order chi connectivity index (χ0) is 34.6. The Morgan fingerprint density at radius 1 is 1.02 bits per heavy atom. The van der Waals surface area contributed by atoms with Gasteiger partial charge in [-0.05, 0) is 82.7 Å². The molecular weight excluding hydrogens is 667 g/mol. The number of azide groups is 1. The number of methoxy groups -OCH3 is 1. The largest absolute Gasteiger partial charge is 0.497 e. The van der Waals surface area contributed by atoms with Crippen molar-refractivity contribution in [1.82, 2.24) is 10.9 Å². The van der Waals surface area contributed by atoms with E-state index in [1.165, 1.54) is 0 Å². The number of ether oxygens (including phenoxy) is 3. The van der Waals surface area contributed by atoms with Crippen LogP contribution in [0.4, 0.5) is 0 Å². The second kappa shape index (κ2) is 17.1. The molecule has 0 saturated heterocycles. The summed E-state index contributed by atoms with van der Waals surface area (Å²) in [6, 6.07) is 27.3. The van der Waals surface area contributed by atoms with Crippen molar-refractivity contribution in [3.05, 3.63) is 139 Å². The number of hydrogen-bond acceptors (Lipinski definition) is 8. The molecule has 0 aromatic heterocycles. The van der Waals surface area contributed by atoms with Crippen molar-refractivity contribution in [2.75, 3.05) is 26.9 Å². The smallest absolute Gasteiger partial charge is 0.266 e. The van der Waals surface area contributed by atoms with Crippen molar-refractivity contribution in [3.8, 4) is 11.5 Å². The summed E-state index contributed by atoms with van der Waals surface area (Å²) in [4.78, 5) is 22.6. The van der Waals surface area contributed by atoms with Gasteiger partial charge in [0.15, 0.2) is 11.6 Å². The first kappa shape index (κ1) is 35.5. The molecule has 1 amide bonds. The van der Waals surface area contributed by atoms with Crippen LogP contribution in [0.3, 0.4) is 0 Å². The van der Waals surface area contributed by atoms with Crippen molar-refractivity contribution in [2.24, 2.45) is 10.1 Å². The molecule has 254 valence electrons. The Bertz CT molecular complexity index is 1830. The Labute approximate surface area is 294 Å². The molecule has 0 fully saturated rings. The fraction of sp³-hybridized carbons (Fsp3) is 0.278. The first-order valence-electron chi connectivity index (χ1n) is 15.7. The third-order valence-electron chi connectivity index (χ3n) is 8.05. The fourth-order valence-electron chi connectivity index (χ4n) is 5.54. The summed E-state index contributed by atoms with van der Waals surface area (Å²) in [5.74, 6) is 1.06. The van der Waals surface area contributed by atoms with Gasteiger partial charge >= 0.3 is 0 Å². The number of aliphatic hydroxyl groups is 1. The van der Waals surface area contributed by atoms with E-state index < -0.39 is 17.6 Å². The first-order chi connectivity index (χ1) is 23.9. The summed E-state index contributed by atoms with van der Waals surface area (Å²) in [6.45, 7) is 0.883. The highest BCUT2D eigenvalue weighted by Crippen LogP contribution is 2.43. The van der Waals surface area contributed by atoms with E-state index in [9.17, 15) is 4.79 Å². The number of benzene rings is 4. The monoisotopic (exact) mass is 702 g/mol. The molecule has 4 aromatic rings. The highest BCUT2D eigenvalue weighted by atomic mass is 35.5. The van der Waals surface area contributed by atoms with E-state index >= 15 is 0 Å². The van der Waals surface area contributed by atoms with Crippen LogP contribution in [0.5, 0.6) is 11.5 Å². The average molecular weight is 704 g/mol. The molecule has 1 aliphatic rings. The molecule has 0 aliphatic carbocycles. The van der Waals surface area contributed by atoms with E-state index in [4.69, 9.17) is 53.0 Å². The third kappa shape index (κ3) is 8.83. The van der Waals surface area contributed by atoms with Gasteiger partial charge in [0.25, 0.3) is 5.91 Å². The zero-order valence-electron chi connectivity index (χ0n) is 26.8. The molecular formula is C36H36Cl2N6O5. The minimum atomic E-state index is -1.52. The first-order valence-corrected chi connectivity index (χ1v) is 16.4. The van der Waals surface area contributed by atoms with E-state index in [0.29, 0.717) is 58.7 Å². The van der Waals surface area contributed by atoms with Crippen molar-refractivity contribution in [3.63, 3.8) is 0 Å². The number of hydrazine groups is 1. The van der Waals surface area contributed by atoms with Gasteiger partial charge in [0.2, 0.25) is 5.90 Å². The molecule has 2 atom stereocenters. The van der Waals surface area contributed by atoms with Gasteiger partial charge < -0.3 is 19.3 Å². The number of rotatable bonds is 16. The second-order valence-electron chi connectivity index (χ2n) is 11.3. The number of nitrogens with one attached hydrogen (secondary N) is 2. The fourth-order valence-corrected chi connectivity index (χ4v) is 6.04. The van der Waals surface area contributed by atoms with Gasteiger partial charge in [-0.2, -0.15) is 0 Å². The lowest BCUT2D eigenvalue weighted by molar-refractivity contribution is -0.130. The predicted octanol–water partition coefficient (Wildman–Crippen LogP) is 6.94. The molecule has 49 heavy (non-hydrogen) atoms. The predicted molar refractivity (Wildman–Crippen MR) is 189 cm³/mol. The molecule has 0 radical (unpaired) electrons. The maximum atomic E-state index is 14.6. The van der Waals surface area contributed by atoms with Crippen molar-refractivity contribution in [2.45, 2.75) is 37.5 Å². The molecule has 1 heterocycles. The van der Waals surface area contributed by atoms with Crippen LogP contribution in [-0.2, 0) is 28.9 Å². The van der Waals surface area contributed by atoms with Gasteiger partial charge in [-0.15, -0.1) is 0 Å². The van der Waals surface area contributed by atoms with Crippen LogP contribution in [0.15, 0.2) is 101 Å². The van der Waals surface area contributed by atoms with E-state index in [0.717, 1.165) is 16.7 Å². The Morgan fingerprint density at radius 2 is 1.82 bits per heavy atom. The summed E-state index contributed by atoms with van der Waals surface area (Å²) in [7, 11) is 1.57. The lowest BCUT2D eigenvalue weighted by atomic mass is 9.81. The quantitative estimate of drug-likeness (QED) is 0.0379. The lowest BCUT2D eigenvalue weighted by Gasteiger charge is -2.31. The molecule has 4 aromatic carbocycles. The standard InChI is InChI=1S/C36H36Cl2N6O5/c1-47-31-9-4-8-26(20-31)33-36(22-27-6-2-3-7-28(27)23-41-44-39,35(46)43-40-17-16-24-10-13-29(37)21-32(24)38)42-34(49-33)25-11-14-30(15-12-25)48-19-5-18-45/h2-4,6-15,20-21,33,40,45H,5,16-19,22-23H2,1H3,(H,43,46)/t33-,36-/m0/s1. The molecule has 13 heteroatoms. The summed E-state index contributed by atoms with van der Waals surface area (Å²) in [6.07, 6.45) is 0.279. The summed E-state index contributed by atoms with van der Waals surface area (Å²) in [5, 5.41) is 14.0. The number of carbonyl (C=O) groups excluding carboxylic acids is 1. The van der Waals surface area contributed by atoms with E-state index in [1.54, 1.807) is 31.4 Å². The Hall–Kier alpha value is -4.77. The van der Waals surface area contributed by atoms with Gasteiger partial charge in [0.1, 0.15) is 11.5 Å². The Morgan fingerprint density at radius 3 is 2.55 bits per heavy atom. The van der Waals surface area contributed by atoms with Crippen molar-refractivity contribution in [1.29, 1.82) is 0 Å². The second-order valence-corrected chi connectivity index (χ2v) is 12.1. The highest BCUT2D eigenvalue weighted by Gasteiger charge is 2.53. The molecule has 11 nitrogen and oxygen atoms in total. The number of aliphatic imine (C=N–C) groups is 1.